The lowest BCUT2D eigenvalue weighted by atomic mass is 9.83. The van der Waals surface area contributed by atoms with Crippen molar-refractivity contribution in [3.05, 3.63) is 35.7 Å². The van der Waals surface area contributed by atoms with Gasteiger partial charge in [0.2, 0.25) is 5.95 Å². The fraction of sp³-hybridized carbons (Fsp3) is 0.476. The van der Waals surface area contributed by atoms with E-state index in [1.807, 2.05) is 0 Å². The summed E-state index contributed by atoms with van der Waals surface area (Å²) < 4.78 is 5.56. The monoisotopic (exact) mass is 394 g/mol. The molecule has 1 fully saturated rings. The summed E-state index contributed by atoms with van der Waals surface area (Å²) in [5.74, 6) is 0.883. The van der Waals surface area contributed by atoms with Crippen molar-refractivity contribution in [2.24, 2.45) is 0 Å². The molecule has 1 atom stereocenters. The predicted molar refractivity (Wildman–Crippen MR) is 111 cm³/mol. The van der Waals surface area contributed by atoms with Crippen LogP contribution in [0, 0.1) is 0 Å². The zero-order chi connectivity index (χ0) is 20.2. The van der Waals surface area contributed by atoms with Gasteiger partial charge < -0.3 is 25.5 Å². The zero-order valence-electron chi connectivity index (χ0n) is 16.8. The Bertz CT molecular complexity index is 1070. The van der Waals surface area contributed by atoms with Crippen molar-refractivity contribution in [3.63, 3.8) is 0 Å². The summed E-state index contributed by atoms with van der Waals surface area (Å²) in [4.78, 5) is 18.3. The summed E-state index contributed by atoms with van der Waals surface area (Å²) >= 11 is 0. The second-order valence-electron chi connectivity index (χ2n) is 8.56. The molecular formula is C21H26N6O2. The predicted octanol–water partition coefficient (Wildman–Crippen LogP) is 2.75. The number of aromatic amines is 1. The Morgan fingerprint density at radius 1 is 1.28 bits per heavy atom. The van der Waals surface area contributed by atoms with Crippen molar-refractivity contribution in [1.29, 1.82) is 0 Å². The van der Waals surface area contributed by atoms with E-state index in [0.717, 1.165) is 42.5 Å². The fourth-order valence-electron chi connectivity index (χ4n) is 4.98. The van der Waals surface area contributed by atoms with E-state index in [9.17, 15) is 5.11 Å². The Kier molecular flexibility index (Phi) is 4.04. The average molecular weight is 394 g/mol. The molecule has 2 aromatic heterocycles. The number of benzene rings is 1. The van der Waals surface area contributed by atoms with Crippen LogP contribution < -0.4 is 10.6 Å². The molecule has 2 aliphatic rings. The molecule has 1 saturated carbocycles. The van der Waals surface area contributed by atoms with E-state index < -0.39 is 5.60 Å². The van der Waals surface area contributed by atoms with Crippen LogP contribution in [-0.4, -0.2) is 45.3 Å². The van der Waals surface area contributed by atoms with Crippen LogP contribution in [0.1, 0.15) is 43.7 Å². The molecule has 8 nitrogen and oxygen atoms in total. The number of nitrogens with one attached hydrogen (secondary N) is 1. The quantitative estimate of drug-likeness (QED) is 0.623. The third-order valence-electron chi connectivity index (χ3n) is 6.42. The van der Waals surface area contributed by atoms with Crippen LogP contribution in [0.25, 0.3) is 11.2 Å². The molecular weight excluding hydrogens is 368 g/mol. The van der Waals surface area contributed by atoms with E-state index in [1.165, 1.54) is 5.56 Å². The van der Waals surface area contributed by atoms with Crippen LogP contribution in [0.15, 0.2) is 24.5 Å². The molecule has 4 N–H and O–H groups in total. The highest BCUT2D eigenvalue weighted by molar-refractivity contribution is 5.89. The molecule has 0 saturated heterocycles. The number of fused-ring (bicyclic) bond motifs is 2. The van der Waals surface area contributed by atoms with Gasteiger partial charge in [0.05, 0.1) is 18.5 Å². The first-order chi connectivity index (χ1) is 13.9. The Labute approximate surface area is 169 Å². The topological polar surface area (TPSA) is 113 Å². The normalized spacial score (nSPS) is 23.1. The summed E-state index contributed by atoms with van der Waals surface area (Å²) in [6.07, 6.45) is 5.30. The first kappa shape index (κ1) is 18.3. The molecule has 0 amide bonds. The maximum Gasteiger partial charge on any atom is 0.224 e. The molecule has 3 heterocycles. The summed E-state index contributed by atoms with van der Waals surface area (Å²) in [6, 6.07) is 6.32. The Morgan fingerprint density at radius 2 is 2.07 bits per heavy atom. The van der Waals surface area contributed by atoms with Gasteiger partial charge in [0.1, 0.15) is 5.52 Å². The molecule has 29 heavy (non-hydrogen) atoms. The average Bonchev–Trinajstić information content (AvgIpc) is 3.40. The number of nitrogen functional groups attached to an aromatic ring is 1. The summed E-state index contributed by atoms with van der Waals surface area (Å²) in [5.41, 5.74) is 9.46. The number of aliphatic hydroxyl groups is 1. The fourth-order valence-corrected chi connectivity index (χ4v) is 4.98. The van der Waals surface area contributed by atoms with Gasteiger partial charge >= 0.3 is 0 Å². The third kappa shape index (κ3) is 2.78. The second-order valence-corrected chi connectivity index (χ2v) is 8.56. The number of imidazole rings is 1. The van der Waals surface area contributed by atoms with Gasteiger partial charge in [-0.25, -0.2) is 4.98 Å². The molecule has 0 radical (unpaired) electrons. The van der Waals surface area contributed by atoms with Crippen LogP contribution in [0.5, 0.6) is 0 Å². The Hall–Kier alpha value is -2.71. The number of ether oxygens (including phenoxy) is 1. The van der Waals surface area contributed by atoms with Crippen LogP contribution in [-0.2, 0) is 15.8 Å². The van der Waals surface area contributed by atoms with Crippen molar-refractivity contribution < 1.29 is 9.84 Å². The first-order valence-electron chi connectivity index (χ1n) is 10.0. The number of hydrogen-bond acceptors (Lipinski definition) is 7. The van der Waals surface area contributed by atoms with Crippen LogP contribution in [0.3, 0.4) is 0 Å². The van der Waals surface area contributed by atoms with E-state index in [4.69, 9.17) is 10.5 Å². The van der Waals surface area contributed by atoms with E-state index >= 15 is 0 Å². The Morgan fingerprint density at radius 3 is 2.83 bits per heavy atom. The smallest absolute Gasteiger partial charge is 0.224 e. The summed E-state index contributed by atoms with van der Waals surface area (Å²) in [7, 11) is 1.72. The molecule has 3 aromatic rings. The van der Waals surface area contributed by atoms with Crippen LogP contribution in [0.2, 0.25) is 0 Å². The maximum absolute atomic E-state index is 11.2. The molecule has 1 aliphatic heterocycles. The Balaban J connectivity index is 1.69. The number of nitrogens with zero attached hydrogens (tertiary/aromatic N) is 4. The van der Waals surface area contributed by atoms with Gasteiger partial charge in [-0.2, -0.15) is 9.97 Å². The molecule has 1 aliphatic carbocycles. The van der Waals surface area contributed by atoms with Gasteiger partial charge in [-0.1, -0.05) is 31.9 Å². The minimum atomic E-state index is -0.755. The molecule has 0 bridgehead atoms. The van der Waals surface area contributed by atoms with E-state index in [0.29, 0.717) is 24.6 Å². The van der Waals surface area contributed by atoms with E-state index in [1.54, 1.807) is 13.4 Å². The minimum Gasteiger partial charge on any atom is -0.385 e. The lowest BCUT2D eigenvalue weighted by Crippen LogP contribution is -2.33. The van der Waals surface area contributed by atoms with Crippen LogP contribution >= 0.6 is 0 Å². The largest absolute Gasteiger partial charge is 0.385 e. The zero-order valence-corrected chi connectivity index (χ0v) is 16.8. The van der Waals surface area contributed by atoms with Gasteiger partial charge in [0.25, 0.3) is 0 Å². The van der Waals surface area contributed by atoms with Gasteiger partial charge in [0.15, 0.2) is 11.5 Å². The van der Waals surface area contributed by atoms with E-state index in [-0.39, 0.29) is 11.4 Å². The molecule has 1 aromatic carbocycles. The minimum absolute atomic E-state index is 0.187. The third-order valence-corrected chi connectivity index (χ3v) is 6.42. The highest BCUT2D eigenvalue weighted by atomic mass is 16.5. The van der Waals surface area contributed by atoms with Gasteiger partial charge in [-0.3, -0.25) is 0 Å². The molecule has 0 spiro atoms. The van der Waals surface area contributed by atoms with Crippen molar-refractivity contribution in [3.8, 4) is 0 Å². The maximum atomic E-state index is 11.2. The molecule has 5 rings (SSSR count). The number of hydrogen-bond donors (Lipinski definition) is 3. The molecule has 8 heteroatoms. The van der Waals surface area contributed by atoms with Crippen molar-refractivity contribution in [1.82, 2.24) is 19.9 Å². The van der Waals surface area contributed by atoms with Crippen LogP contribution in [0.4, 0.5) is 17.5 Å². The van der Waals surface area contributed by atoms with Gasteiger partial charge in [-0.05, 0) is 30.0 Å². The number of rotatable bonds is 4. The first-order valence-corrected chi connectivity index (χ1v) is 10.0. The van der Waals surface area contributed by atoms with Crippen molar-refractivity contribution >= 4 is 28.6 Å². The number of anilines is 3. The van der Waals surface area contributed by atoms with Gasteiger partial charge in [-0.15, -0.1) is 0 Å². The van der Waals surface area contributed by atoms with E-state index in [2.05, 4.69) is 50.0 Å². The standard InChI is InChI=1S/C21H26N6O2/c1-20(11-29-2)10-27(18-16-17(24-12-23-16)25-19(22)26-18)15-9-13(5-6-14(15)20)21(28)7-3-4-8-21/h5-6,9,12,28H,3-4,7-8,10-11H2,1-2H3,(H3,22,23,24,25,26)/t20-/m1/s1. The lowest BCUT2D eigenvalue weighted by Gasteiger charge is -2.25. The number of nitrogens with two attached hydrogens (primary N) is 1. The highest BCUT2D eigenvalue weighted by Crippen LogP contribution is 2.48. The highest BCUT2D eigenvalue weighted by Gasteiger charge is 2.42. The van der Waals surface area contributed by atoms with Crippen molar-refractivity contribution in [2.45, 2.75) is 43.6 Å². The number of aromatic nitrogens is 4. The van der Waals surface area contributed by atoms with Gasteiger partial charge in [0, 0.05) is 24.8 Å². The lowest BCUT2D eigenvalue weighted by molar-refractivity contribution is 0.0445. The summed E-state index contributed by atoms with van der Waals surface area (Å²) in [5, 5.41) is 11.2. The molecule has 152 valence electrons. The SMILES string of the molecule is COC[C@@]1(C)CN(c2nc(N)nc3nc[nH]c23)c2cc(C3(O)CCCC3)ccc21. The van der Waals surface area contributed by atoms with Crippen molar-refractivity contribution in [2.75, 3.05) is 30.9 Å². The second kappa shape index (κ2) is 6.40. The number of H-pyrrole nitrogens is 1. The summed E-state index contributed by atoms with van der Waals surface area (Å²) in [6.45, 7) is 3.45. The molecule has 0 unspecified atom stereocenters. The number of methoxy groups -OCH3 is 1.